The maximum Gasteiger partial charge on any atom is 0.147 e. The smallest absolute Gasteiger partial charge is 0.147 e. The van der Waals surface area contributed by atoms with E-state index in [4.69, 9.17) is 11.6 Å². The lowest BCUT2D eigenvalue weighted by molar-refractivity contribution is 0.825. The van der Waals surface area contributed by atoms with Gasteiger partial charge in [0.15, 0.2) is 0 Å². The Hall–Kier alpha value is -1.42. The van der Waals surface area contributed by atoms with E-state index in [0.29, 0.717) is 5.88 Å². The van der Waals surface area contributed by atoms with E-state index in [0.717, 1.165) is 17.2 Å². The average molecular weight is 209 g/mol. The predicted molar refractivity (Wildman–Crippen MR) is 53.4 cm³/mol. The standard InChI is InChI=1S/C9H9ClN4/c1-7-2-3-8(5-11-7)14-9(4-10)12-6-13-14/h2-3,5-6H,4H2,1H3. The molecule has 0 bridgehead atoms. The molecule has 4 nitrogen and oxygen atoms in total. The van der Waals surface area contributed by atoms with Gasteiger partial charge in [0.1, 0.15) is 12.2 Å². The van der Waals surface area contributed by atoms with Gasteiger partial charge in [0, 0.05) is 5.69 Å². The van der Waals surface area contributed by atoms with E-state index in [1.54, 1.807) is 10.9 Å². The molecule has 2 aromatic heterocycles. The van der Waals surface area contributed by atoms with Crippen LogP contribution in [0, 0.1) is 6.92 Å². The van der Waals surface area contributed by atoms with Gasteiger partial charge in [-0.1, -0.05) is 0 Å². The first-order valence-electron chi connectivity index (χ1n) is 4.19. The monoisotopic (exact) mass is 208 g/mol. The van der Waals surface area contributed by atoms with Gasteiger partial charge in [0.25, 0.3) is 0 Å². The molecule has 2 rings (SSSR count). The van der Waals surface area contributed by atoms with E-state index < -0.39 is 0 Å². The van der Waals surface area contributed by atoms with E-state index in [1.165, 1.54) is 6.33 Å². The zero-order chi connectivity index (χ0) is 9.97. The van der Waals surface area contributed by atoms with E-state index in [2.05, 4.69) is 15.1 Å². The quantitative estimate of drug-likeness (QED) is 0.706. The predicted octanol–water partition coefficient (Wildman–Crippen LogP) is 1.71. The van der Waals surface area contributed by atoms with Crippen LogP contribution in [0.3, 0.4) is 0 Å². The van der Waals surface area contributed by atoms with Gasteiger partial charge in [-0.15, -0.1) is 11.6 Å². The van der Waals surface area contributed by atoms with Crippen molar-refractivity contribution in [1.29, 1.82) is 0 Å². The number of hydrogen-bond acceptors (Lipinski definition) is 3. The fourth-order valence-corrected chi connectivity index (χ4v) is 1.34. The summed E-state index contributed by atoms with van der Waals surface area (Å²) in [5.41, 5.74) is 1.85. The molecule has 0 aliphatic carbocycles. The molecule has 0 aromatic carbocycles. The Bertz CT molecular complexity index is 421. The summed E-state index contributed by atoms with van der Waals surface area (Å²) in [7, 11) is 0. The van der Waals surface area contributed by atoms with Crippen molar-refractivity contribution in [2.75, 3.05) is 0 Å². The molecule has 0 saturated heterocycles. The van der Waals surface area contributed by atoms with Gasteiger partial charge in [0.05, 0.1) is 17.8 Å². The summed E-state index contributed by atoms with van der Waals surface area (Å²) < 4.78 is 1.68. The van der Waals surface area contributed by atoms with Gasteiger partial charge in [-0.05, 0) is 19.1 Å². The van der Waals surface area contributed by atoms with Crippen molar-refractivity contribution in [2.45, 2.75) is 12.8 Å². The first-order chi connectivity index (χ1) is 6.81. The first kappa shape index (κ1) is 9.15. The molecule has 2 heterocycles. The Balaban J connectivity index is 2.44. The lowest BCUT2D eigenvalue weighted by Gasteiger charge is -2.02. The van der Waals surface area contributed by atoms with Crippen molar-refractivity contribution in [3.8, 4) is 5.69 Å². The Labute approximate surface area is 86.6 Å². The van der Waals surface area contributed by atoms with E-state index in [9.17, 15) is 0 Å². The number of nitrogens with zero attached hydrogens (tertiary/aromatic N) is 4. The van der Waals surface area contributed by atoms with Crippen LogP contribution in [-0.4, -0.2) is 19.7 Å². The van der Waals surface area contributed by atoms with Crippen LogP contribution in [0.25, 0.3) is 5.69 Å². The minimum Gasteiger partial charge on any atom is -0.259 e. The highest BCUT2D eigenvalue weighted by atomic mass is 35.5. The number of halogens is 1. The molecule has 2 aromatic rings. The Morgan fingerprint density at radius 2 is 2.21 bits per heavy atom. The summed E-state index contributed by atoms with van der Waals surface area (Å²) in [6.45, 7) is 1.94. The highest BCUT2D eigenvalue weighted by Gasteiger charge is 2.04. The molecular formula is C9H9ClN4. The Morgan fingerprint density at radius 3 is 2.86 bits per heavy atom. The normalized spacial score (nSPS) is 10.4. The lowest BCUT2D eigenvalue weighted by atomic mass is 10.3. The molecule has 0 N–H and O–H groups in total. The molecule has 0 radical (unpaired) electrons. The topological polar surface area (TPSA) is 43.6 Å². The van der Waals surface area contributed by atoms with Crippen molar-refractivity contribution in [3.63, 3.8) is 0 Å². The second-order valence-electron chi connectivity index (χ2n) is 2.88. The maximum absolute atomic E-state index is 5.71. The van der Waals surface area contributed by atoms with Crippen LogP contribution in [0.5, 0.6) is 0 Å². The zero-order valence-electron chi connectivity index (χ0n) is 7.68. The second-order valence-corrected chi connectivity index (χ2v) is 3.15. The van der Waals surface area contributed by atoms with Gasteiger partial charge >= 0.3 is 0 Å². The number of hydrogen-bond donors (Lipinski definition) is 0. The maximum atomic E-state index is 5.71. The summed E-state index contributed by atoms with van der Waals surface area (Å²) in [5, 5.41) is 4.07. The van der Waals surface area contributed by atoms with Crippen LogP contribution in [0.1, 0.15) is 11.5 Å². The lowest BCUT2D eigenvalue weighted by Crippen LogP contribution is -2.01. The van der Waals surface area contributed by atoms with Crippen molar-refractivity contribution < 1.29 is 0 Å². The van der Waals surface area contributed by atoms with Crippen molar-refractivity contribution in [3.05, 3.63) is 36.2 Å². The van der Waals surface area contributed by atoms with Gasteiger partial charge in [-0.2, -0.15) is 5.10 Å². The molecule has 0 amide bonds. The highest BCUT2D eigenvalue weighted by molar-refractivity contribution is 6.16. The number of alkyl halides is 1. The van der Waals surface area contributed by atoms with Gasteiger partial charge in [-0.25, -0.2) is 9.67 Å². The largest absolute Gasteiger partial charge is 0.259 e. The number of rotatable bonds is 2. The summed E-state index contributed by atoms with van der Waals surface area (Å²) in [5.74, 6) is 1.06. The summed E-state index contributed by atoms with van der Waals surface area (Å²) in [6.07, 6.45) is 3.23. The molecule has 5 heteroatoms. The summed E-state index contributed by atoms with van der Waals surface area (Å²) in [4.78, 5) is 8.20. The number of aryl methyl sites for hydroxylation is 1. The zero-order valence-corrected chi connectivity index (χ0v) is 8.44. The second kappa shape index (κ2) is 3.75. The minimum atomic E-state index is 0.341. The molecule has 0 aliphatic heterocycles. The van der Waals surface area contributed by atoms with Crippen LogP contribution in [0.4, 0.5) is 0 Å². The third kappa shape index (κ3) is 1.61. The van der Waals surface area contributed by atoms with E-state index in [-0.39, 0.29) is 0 Å². The first-order valence-corrected chi connectivity index (χ1v) is 4.72. The molecule has 0 saturated carbocycles. The van der Waals surface area contributed by atoms with E-state index >= 15 is 0 Å². The molecule has 0 aliphatic rings. The highest BCUT2D eigenvalue weighted by Crippen LogP contribution is 2.08. The number of aromatic nitrogens is 4. The fraction of sp³-hybridized carbons (Fsp3) is 0.222. The summed E-state index contributed by atoms with van der Waals surface area (Å²) in [6, 6.07) is 3.86. The molecule has 72 valence electrons. The van der Waals surface area contributed by atoms with Crippen molar-refractivity contribution in [1.82, 2.24) is 19.7 Å². The van der Waals surface area contributed by atoms with Crippen molar-refractivity contribution in [2.24, 2.45) is 0 Å². The molecule has 0 atom stereocenters. The van der Waals surface area contributed by atoms with Crippen LogP contribution in [0.15, 0.2) is 24.7 Å². The molecule has 0 unspecified atom stereocenters. The SMILES string of the molecule is Cc1ccc(-n2ncnc2CCl)cn1. The third-order valence-corrected chi connectivity index (χ3v) is 2.12. The molecular weight excluding hydrogens is 200 g/mol. The van der Waals surface area contributed by atoms with E-state index in [1.807, 2.05) is 19.1 Å². The summed E-state index contributed by atoms with van der Waals surface area (Å²) >= 11 is 5.71. The fourth-order valence-electron chi connectivity index (χ4n) is 1.16. The Morgan fingerprint density at radius 1 is 1.36 bits per heavy atom. The third-order valence-electron chi connectivity index (χ3n) is 1.88. The number of pyridine rings is 1. The molecule has 0 fully saturated rings. The van der Waals surface area contributed by atoms with Crippen LogP contribution >= 0.6 is 11.6 Å². The van der Waals surface area contributed by atoms with Crippen LogP contribution in [0.2, 0.25) is 0 Å². The minimum absolute atomic E-state index is 0.341. The van der Waals surface area contributed by atoms with Crippen LogP contribution in [-0.2, 0) is 5.88 Å². The molecule has 0 spiro atoms. The van der Waals surface area contributed by atoms with Crippen LogP contribution < -0.4 is 0 Å². The average Bonchev–Trinajstić information content (AvgIpc) is 2.67. The Kier molecular flexibility index (Phi) is 2.45. The van der Waals surface area contributed by atoms with Gasteiger partial charge < -0.3 is 0 Å². The van der Waals surface area contributed by atoms with Gasteiger partial charge in [0.2, 0.25) is 0 Å². The van der Waals surface area contributed by atoms with Crippen molar-refractivity contribution >= 4 is 11.6 Å². The van der Waals surface area contributed by atoms with Gasteiger partial charge in [-0.3, -0.25) is 4.98 Å². The molecule has 14 heavy (non-hydrogen) atoms.